The van der Waals surface area contributed by atoms with Gasteiger partial charge in [0.15, 0.2) is 0 Å². The Morgan fingerprint density at radius 2 is 0.582 bits per heavy atom. The second-order valence-corrected chi connectivity index (χ2v) is 25.3. The van der Waals surface area contributed by atoms with Gasteiger partial charge in [-0.25, -0.2) is 0 Å². The average Bonchev–Trinajstić information content (AvgIpc) is 3.45. The number of hydrogen-bond acceptors (Lipinski definition) is 5. The third-order valence-electron chi connectivity index (χ3n) is 17.3. The summed E-state index contributed by atoms with van der Waals surface area (Å²) in [5.41, 5.74) is 0. The van der Waals surface area contributed by atoms with Gasteiger partial charge in [0, 0.05) is 12.8 Å². The van der Waals surface area contributed by atoms with Crippen LogP contribution in [0.5, 0.6) is 0 Å². The van der Waals surface area contributed by atoms with Gasteiger partial charge in [0.25, 0.3) is 0 Å². The molecule has 0 rings (SSSR count). The van der Waals surface area contributed by atoms with Gasteiger partial charge in [0.1, 0.15) is 0 Å². The maximum Gasteiger partial charge on any atom is 0.305 e. The van der Waals surface area contributed by atoms with Crippen LogP contribution in [0.3, 0.4) is 0 Å². The Hall–Kier alpha value is -1.40. The summed E-state index contributed by atoms with van der Waals surface area (Å²) in [5.74, 6) is -0.0371. The van der Waals surface area contributed by atoms with Crippen molar-refractivity contribution in [1.29, 1.82) is 0 Å². The number of allylic oxidation sites excluding steroid dienone is 1. The molecule has 0 aliphatic rings. The number of esters is 1. The highest BCUT2D eigenvalue weighted by atomic mass is 16.5. The summed E-state index contributed by atoms with van der Waals surface area (Å²) < 4.78 is 5.48. The third-order valence-corrected chi connectivity index (χ3v) is 17.3. The minimum Gasteiger partial charge on any atom is -0.466 e. The van der Waals surface area contributed by atoms with Gasteiger partial charge >= 0.3 is 5.97 Å². The molecule has 0 aliphatic heterocycles. The Balaban J connectivity index is 3.33. The second-order valence-electron chi connectivity index (χ2n) is 25.3. The van der Waals surface area contributed by atoms with Gasteiger partial charge < -0.3 is 20.3 Å². The van der Waals surface area contributed by atoms with Crippen LogP contribution < -0.4 is 5.32 Å². The van der Waals surface area contributed by atoms with Gasteiger partial charge in [0.2, 0.25) is 5.91 Å². The van der Waals surface area contributed by atoms with Gasteiger partial charge in [-0.15, -0.1) is 0 Å². The predicted molar refractivity (Wildman–Crippen MR) is 347 cm³/mol. The van der Waals surface area contributed by atoms with E-state index in [2.05, 4.69) is 19.2 Å². The van der Waals surface area contributed by atoms with Crippen LogP contribution in [0.15, 0.2) is 12.2 Å². The topological polar surface area (TPSA) is 95.9 Å². The van der Waals surface area contributed by atoms with Crippen molar-refractivity contribution in [1.82, 2.24) is 5.32 Å². The monoisotopic (exact) mass is 1110 g/mol. The van der Waals surface area contributed by atoms with E-state index in [4.69, 9.17) is 4.74 Å². The number of aliphatic hydroxyl groups is 2. The van der Waals surface area contributed by atoms with Crippen LogP contribution in [0.4, 0.5) is 0 Å². The van der Waals surface area contributed by atoms with E-state index in [0.29, 0.717) is 19.4 Å². The molecule has 470 valence electrons. The molecule has 3 N–H and O–H groups in total. The minimum absolute atomic E-state index is 0.0220. The molecular weight excluding hydrogens is 971 g/mol. The number of aliphatic hydroxyl groups excluding tert-OH is 2. The van der Waals surface area contributed by atoms with Gasteiger partial charge in [-0.1, -0.05) is 386 Å². The van der Waals surface area contributed by atoms with Crippen LogP contribution in [0.2, 0.25) is 0 Å². The normalized spacial score (nSPS) is 12.5. The molecule has 0 heterocycles. The lowest BCUT2D eigenvalue weighted by molar-refractivity contribution is -0.143. The molecule has 0 spiro atoms. The van der Waals surface area contributed by atoms with Crippen molar-refractivity contribution in [2.75, 3.05) is 13.2 Å². The van der Waals surface area contributed by atoms with E-state index >= 15 is 0 Å². The van der Waals surface area contributed by atoms with E-state index < -0.39 is 12.1 Å². The number of amides is 1. The van der Waals surface area contributed by atoms with Crippen LogP contribution in [0.25, 0.3) is 0 Å². The second kappa shape index (κ2) is 69.1. The van der Waals surface area contributed by atoms with Gasteiger partial charge in [-0.2, -0.15) is 0 Å². The summed E-state index contributed by atoms with van der Waals surface area (Å²) >= 11 is 0. The van der Waals surface area contributed by atoms with Gasteiger partial charge in [-0.05, 0) is 32.1 Å². The molecule has 1 amide bonds. The summed E-state index contributed by atoms with van der Waals surface area (Å²) in [6, 6.07) is -0.624. The number of nitrogens with one attached hydrogen (secondary N) is 1. The fraction of sp³-hybridized carbons (Fsp3) is 0.945. The van der Waals surface area contributed by atoms with Crippen molar-refractivity contribution in [2.45, 2.75) is 431 Å². The van der Waals surface area contributed by atoms with E-state index in [1.54, 1.807) is 6.08 Å². The Morgan fingerprint density at radius 1 is 0.342 bits per heavy atom. The van der Waals surface area contributed by atoms with Crippen LogP contribution in [-0.2, 0) is 14.3 Å². The molecule has 0 aliphatic carbocycles. The standard InChI is InChI=1S/C73H143NO5/c1-3-5-7-9-11-13-15-16-17-18-36-39-42-46-49-53-57-61-65-71(76)70(69-75)74-72(77)66-62-58-54-50-47-43-40-37-34-32-30-28-26-24-22-20-19-21-23-25-27-29-31-33-35-38-41-44-48-52-56-60-64-68-79-73(78)67-63-59-55-51-45-14-12-10-8-6-4-2/h61,65,70-71,75-76H,3-60,62-64,66-69H2,1-2H3,(H,74,77)/b65-61+. The number of carbonyl (C=O) groups is 2. The number of hydrogen-bond donors (Lipinski definition) is 3. The minimum atomic E-state index is -0.841. The Morgan fingerprint density at radius 3 is 0.861 bits per heavy atom. The zero-order valence-electron chi connectivity index (χ0n) is 53.9. The smallest absolute Gasteiger partial charge is 0.305 e. The van der Waals surface area contributed by atoms with E-state index in [0.717, 1.165) is 38.5 Å². The summed E-state index contributed by atoms with van der Waals surface area (Å²) in [7, 11) is 0. The molecule has 6 nitrogen and oxygen atoms in total. The first-order chi connectivity index (χ1) is 39.0. The first-order valence-electron chi connectivity index (χ1n) is 36.5. The number of rotatable bonds is 69. The van der Waals surface area contributed by atoms with E-state index in [9.17, 15) is 19.8 Å². The zero-order valence-corrected chi connectivity index (χ0v) is 53.9. The zero-order chi connectivity index (χ0) is 57.1. The summed E-state index contributed by atoms with van der Waals surface area (Å²) in [4.78, 5) is 24.5. The lowest BCUT2D eigenvalue weighted by Crippen LogP contribution is -2.45. The number of unbranched alkanes of at least 4 members (excludes halogenated alkanes) is 58. The van der Waals surface area contributed by atoms with Crippen molar-refractivity contribution in [3.63, 3.8) is 0 Å². The third kappa shape index (κ3) is 65.6. The van der Waals surface area contributed by atoms with Crippen molar-refractivity contribution in [3.8, 4) is 0 Å². The molecule has 0 aromatic heterocycles. The molecule has 0 saturated heterocycles. The first kappa shape index (κ1) is 77.6. The summed E-state index contributed by atoms with van der Waals surface area (Å²) in [6.45, 7) is 4.95. The molecule has 0 aromatic rings. The molecule has 6 heteroatoms. The molecule has 0 fully saturated rings. The van der Waals surface area contributed by atoms with Gasteiger partial charge in [-0.3, -0.25) is 9.59 Å². The SMILES string of the molecule is CCCCCCCCCCCCCCCCCC/C=C/C(O)C(CO)NC(=O)CCCCCCCCCCCCCCCCCCCCCCCCCCCCCCCCCCCOC(=O)CCCCCCCCCCCCC. The maximum atomic E-state index is 12.5. The fourth-order valence-corrected chi connectivity index (χ4v) is 11.8. The van der Waals surface area contributed by atoms with Crippen molar-refractivity contribution < 1.29 is 24.5 Å². The molecule has 0 aromatic carbocycles. The number of carbonyl (C=O) groups excluding carboxylic acids is 2. The highest BCUT2D eigenvalue weighted by molar-refractivity contribution is 5.76. The lowest BCUT2D eigenvalue weighted by atomic mass is 10.0. The van der Waals surface area contributed by atoms with E-state index in [1.165, 1.54) is 353 Å². The Kier molecular flexibility index (Phi) is 67.9. The molecule has 79 heavy (non-hydrogen) atoms. The molecule has 0 radical (unpaired) electrons. The van der Waals surface area contributed by atoms with E-state index in [-0.39, 0.29) is 18.5 Å². The largest absolute Gasteiger partial charge is 0.466 e. The molecule has 2 unspecified atom stereocenters. The molecular formula is C73H143NO5. The Labute approximate surface area is 495 Å². The van der Waals surface area contributed by atoms with Crippen LogP contribution in [0.1, 0.15) is 418 Å². The maximum absolute atomic E-state index is 12.5. The van der Waals surface area contributed by atoms with Crippen LogP contribution in [0, 0.1) is 0 Å². The highest BCUT2D eigenvalue weighted by Gasteiger charge is 2.18. The lowest BCUT2D eigenvalue weighted by Gasteiger charge is -2.20. The predicted octanol–water partition coefficient (Wildman–Crippen LogP) is 23.5. The van der Waals surface area contributed by atoms with E-state index in [1.807, 2.05) is 6.08 Å². The molecule has 0 saturated carbocycles. The highest BCUT2D eigenvalue weighted by Crippen LogP contribution is 2.19. The molecule has 2 atom stereocenters. The van der Waals surface area contributed by atoms with Gasteiger partial charge in [0.05, 0.1) is 25.4 Å². The van der Waals surface area contributed by atoms with Crippen molar-refractivity contribution >= 4 is 11.9 Å². The average molecular weight is 1110 g/mol. The Bertz CT molecular complexity index is 1190. The quantitative estimate of drug-likeness (QED) is 0.0320. The summed E-state index contributed by atoms with van der Waals surface area (Å²) in [6.07, 6.45) is 86.0. The van der Waals surface area contributed by atoms with Crippen molar-refractivity contribution in [3.05, 3.63) is 12.2 Å². The fourth-order valence-electron chi connectivity index (χ4n) is 11.8. The van der Waals surface area contributed by atoms with Crippen LogP contribution >= 0.6 is 0 Å². The summed E-state index contributed by atoms with van der Waals surface area (Å²) in [5, 5.41) is 23.2. The van der Waals surface area contributed by atoms with Crippen molar-refractivity contribution in [2.24, 2.45) is 0 Å². The molecule has 0 bridgehead atoms. The number of ether oxygens (including phenoxy) is 1. The van der Waals surface area contributed by atoms with Crippen LogP contribution in [-0.4, -0.2) is 47.4 Å². The first-order valence-corrected chi connectivity index (χ1v) is 36.5.